The van der Waals surface area contributed by atoms with Crippen LogP contribution < -0.4 is 14.8 Å². The molecule has 0 saturated heterocycles. The average Bonchev–Trinajstić information content (AvgIpc) is 3.38. The summed E-state index contributed by atoms with van der Waals surface area (Å²) in [6.07, 6.45) is 0. The lowest BCUT2D eigenvalue weighted by Crippen LogP contribution is -2.15. The van der Waals surface area contributed by atoms with Crippen LogP contribution >= 0.6 is 23.1 Å². The first-order valence-corrected chi connectivity index (χ1v) is 11.4. The van der Waals surface area contributed by atoms with E-state index in [2.05, 4.69) is 25.8 Å². The number of amides is 1. The van der Waals surface area contributed by atoms with Crippen molar-refractivity contribution >= 4 is 44.4 Å². The van der Waals surface area contributed by atoms with Gasteiger partial charge in [0.05, 0.1) is 21.7 Å². The molecule has 11 heteroatoms. The topological polar surface area (TPSA) is 104 Å². The molecule has 0 bridgehead atoms. The fourth-order valence-electron chi connectivity index (χ4n) is 3.19. The van der Waals surface area contributed by atoms with Gasteiger partial charge in [-0.25, -0.2) is 4.98 Å². The van der Waals surface area contributed by atoms with Crippen molar-refractivity contribution in [3.8, 4) is 17.2 Å². The van der Waals surface area contributed by atoms with Gasteiger partial charge in [-0.15, -0.1) is 5.10 Å². The highest BCUT2D eigenvalue weighted by molar-refractivity contribution is 7.99. The molecule has 0 radical (unpaired) electrons. The molecule has 0 fully saturated rings. The van der Waals surface area contributed by atoms with Crippen molar-refractivity contribution in [1.82, 2.24) is 25.2 Å². The van der Waals surface area contributed by atoms with Crippen molar-refractivity contribution in [1.29, 1.82) is 0 Å². The lowest BCUT2D eigenvalue weighted by molar-refractivity contribution is -0.113. The Balaban J connectivity index is 1.28. The number of tetrazole rings is 1. The molecule has 0 saturated carbocycles. The van der Waals surface area contributed by atoms with Gasteiger partial charge in [0.15, 0.2) is 16.6 Å². The molecule has 31 heavy (non-hydrogen) atoms. The number of fused-ring (bicyclic) bond motifs is 2. The molecule has 0 unspecified atom stereocenters. The van der Waals surface area contributed by atoms with E-state index in [9.17, 15) is 4.79 Å². The second-order valence-corrected chi connectivity index (χ2v) is 8.88. The van der Waals surface area contributed by atoms with Gasteiger partial charge in [0.25, 0.3) is 0 Å². The van der Waals surface area contributed by atoms with E-state index in [4.69, 9.17) is 9.47 Å². The van der Waals surface area contributed by atoms with Crippen LogP contribution in [-0.4, -0.2) is 50.1 Å². The van der Waals surface area contributed by atoms with Crippen LogP contribution in [0.15, 0.2) is 35.5 Å². The molecule has 2 aromatic heterocycles. The monoisotopic (exact) mass is 454 g/mol. The largest absolute Gasteiger partial charge is 0.486 e. The van der Waals surface area contributed by atoms with Gasteiger partial charge < -0.3 is 14.8 Å². The van der Waals surface area contributed by atoms with Crippen LogP contribution in [0.5, 0.6) is 11.5 Å². The molecule has 4 aromatic rings. The third kappa shape index (κ3) is 3.93. The maximum atomic E-state index is 12.5. The summed E-state index contributed by atoms with van der Waals surface area (Å²) in [7, 11) is 0. The maximum Gasteiger partial charge on any atom is 0.236 e. The van der Waals surface area contributed by atoms with Gasteiger partial charge in [-0.3, -0.25) is 4.79 Å². The number of thiazole rings is 1. The molecule has 1 aliphatic rings. The molecule has 1 N–H and O–H groups in total. The normalized spacial score (nSPS) is 12.8. The van der Waals surface area contributed by atoms with E-state index < -0.39 is 0 Å². The molecule has 1 amide bonds. The number of hydrogen-bond donors (Lipinski definition) is 1. The van der Waals surface area contributed by atoms with Gasteiger partial charge in [0, 0.05) is 12.1 Å². The summed E-state index contributed by atoms with van der Waals surface area (Å²) >= 11 is 2.66. The number of ether oxygens (including phenoxy) is 2. The van der Waals surface area contributed by atoms with Crippen molar-refractivity contribution < 1.29 is 14.3 Å². The molecule has 0 atom stereocenters. The van der Waals surface area contributed by atoms with Crippen molar-refractivity contribution in [2.24, 2.45) is 0 Å². The Morgan fingerprint density at radius 1 is 1.23 bits per heavy atom. The van der Waals surface area contributed by atoms with E-state index in [-0.39, 0.29) is 11.7 Å². The van der Waals surface area contributed by atoms with E-state index in [0.717, 1.165) is 27.0 Å². The van der Waals surface area contributed by atoms with Crippen molar-refractivity contribution in [3.63, 3.8) is 0 Å². The Morgan fingerprint density at radius 2 is 2.03 bits per heavy atom. The fourth-order valence-corrected chi connectivity index (χ4v) is 4.77. The summed E-state index contributed by atoms with van der Waals surface area (Å²) in [5.74, 6) is 1.35. The second kappa shape index (κ2) is 8.16. The SMILES string of the molecule is Cc1cccc(-n2nnnc2SCC(=O)Nc2nc3cc4c(cc3s2)OCCO4)c1C. The van der Waals surface area contributed by atoms with E-state index in [1.807, 2.05) is 44.2 Å². The van der Waals surface area contributed by atoms with Gasteiger partial charge >= 0.3 is 0 Å². The van der Waals surface area contributed by atoms with Crippen LogP contribution in [-0.2, 0) is 4.79 Å². The Kier molecular flexibility index (Phi) is 5.20. The zero-order valence-electron chi connectivity index (χ0n) is 16.8. The van der Waals surface area contributed by atoms with E-state index >= 15 is 0 Å². The molecule has 0 aliphatic carbocycles. The standard InChI is InChI=1S/C20H18N6O3S2/c1-11-4-3-5-14(12(11)2)26-20(23-24-25-26)30-10-18(27)22-19-21-13-8-15-16(9-17(13)31-19)29-7-6-28-15/h3-5,8-9H,6-7,10H2,1-2H3,(H,21,22,27). The number of anilines is 1. The third-order valence-corrected chi connectivity index (χ3v) is 6.73. The minimum absolute atomic E-state index is 0.157. The maximum absolute atomic E-state index is 12.5. The van der Waals surface area contributed by atoms with Crippen LogP contribution in [0, 0.1) is 13.8 Å². The smallest absolute Gasteiger partial charge is 0.236 e. The number of aromatic nitrogens is 5. The van der Waals surface area contributed by atoms with Crippen molar-refractivity contribution in [2.45, 2.75) is 19.0 Å². The lowest BCUT2D eigenvalue weighted by atomic mass is 10.1. The summed E-state index contributed by atoms with van der Waals surface area (Å²) in [6.45, 7) is 5.11. The van der Waals surface area contributed by atoms with E-state index in [1.54, 1.807) is 4.68 Å². The van der Waals surface area contributed by atoms with Gasteiger partial charge in [-0.05, 0) is 41.5 Å². The number of aryl methyl sites for hydroxylation is 1. The first kappa shape index (κ1) is 19.8. The second-order valence-electron chi connectivity index (χ2n) is 6.91. The van der Waals surface area contributed by atoms with Crippen LogP contribution in [0.1, 0.15) is 11.1 Å². The van der Waals surface area contributed by atoms with Crippen LogP contribution in [0.3, 0.4) is 0 Å². The number of carbonyl (C=O) groups is 1. The predicted octanol–water partition coefficient (Wildman–Crippen LogP) is 3.39. The highest BCUT2D eigenvalue weighted by Crippen LogP contribution is 2.37. The highest BCUT2D eigenvalue weighted by Gasteiger charge is 2.17. The van der Waals surface area contributed by atoms with Gasteiger partial charge in [-0.2, -0.15) is 4.68 Å². The number of rotatable bonds is 5. The first-order valence-electron chi connectivity index (χ1n) is 9.56. The zero-order chi connectivity index (χ0) is 21.4. The molecular formula is C20H18N6O3S2. The molecule has 158 valence electrons. The Labute approximate surface area is 185 Å². The summed E-state index contributed by atoms with van der Waals surface area (Å²) < 4.78 is 13.8. The van der Waals surface area contributed by atoms with Gasteiger partial charge in [0.2, 0.25) is 11.1 Å². The van der Waals surface area contributed by atoms with E-state index in [1.165, 1.54) is 23.1 Å². The Hall–Kier alpha value is -3.18. The number of nitrogens with zero attached hydrogens (tertiary/aromatic N) is 5. The number of benzene rings is 2. The molecule has 0 spiro atoms. The lowest BCUT2D eigenvalue weighted by Gasteiger charge is -2.17. The molecule has 2 aromatic carbocycles. The quantitative estimate of drug-likeness (QED) is 0.458. The Morgan fingerprint density at radius 3 is 2.87 bits per heavy atom. The summed E-state index contributed by atoms with van der Waals surface area (Å²) in [4.78, 5) is 17.0. The number of nitrogens with one attached hydrogen (secondary N) is 1. The van der Waals surface area contributed by atoms with Crippen LogP contribution in [0.4, 0.5) is 5.13 Å². The first-order chi connectivity index (χ1) is 15.1. The fraction of sp³-hybridized carbons (Fsp3) is 0.250. The summed E-state index contributed by atoms with van der Waals surface area (Å²) in [6, 6.07) is 9.68. The van der Waals surface area contributed by atoms with Crippen molar-refractivity contribution in [2.75, 3.05) is 24.3 Å². The third-order valence-electron chi connectivity index (χ3n) is 4.88. The van der Waals surface area contributed by atoms with Gasteiger partial charge in [-0.1, -0.05) is 35.2 Å². The molecule has 9 nitrogen and oxygen atoms in total. The minimum Gasteiger partial charge on any atom is -0.486 e. The molecular weight excluding hydrogens is 436 g/mol. The average molecular weight is 455 g/mol. The minimum atomic E-state index is -0.183. The van der Waals surface area contributed by atoms with Crippen LogP contribution in [0.25, 0.3) is 15.9 Å². The summed E-state index contributed by atoms with van der Waals surface area (Å²) in [5, 5.41) is 15.9. The number of carbonyl (C=O) groups excluding carboxylic acids is 1. The molecule has 5 rings (SSSR count). The predicted molar refractivity (Wildman–Crippen MR) is 119 cm³/mol. The van der Waals surface area contributed by atoms with Crippen molar-refractivity contribution in [3.05, 3.63) is 41.5 Å². The van der Waals surface area contributed by atoms with Crippen LogP contribution in [0.2, 0.25) is 0 Å². The molecule has 3 heterocycles. The highest BCUT2D eigenvalue weighted by atomic mass is 32.2. The summed E-state index contributed by atoms with van der Waals surface area (Å²) in [5.41, 5.74) is 3.89. The Bertz CT molecular complexity index is 1240. The number of hydrogen-bond acceptors (Lipinski definition) is 9. The molecule has 1 aliphatic heterocycles. The zero-order valence-corrected chi connectivity index (χ0v) is 18.4. The van der Waals surface area contributed by atoms with Gasteiger partial charge in [0.1, 0.15) is 13.2 Å². The van der Waals surface area contributed by atoms with E-state index in [0.29, 0.717) is 35.0 Å². The number of thioether (sulfide) groups is 1.